The molecule has 0 unspecified atom stereocenters. The molecule has 3 N–H and O–H groups in total. The van der Waals surface area contributed by atoms with Gasteiger partial charge in [0.25, 0.3) is 0 Å². The van der Waals surface area contributed by atoms with Crippen LogP contribution in [0.2, 0.25) is 0 Å². The van der Waals surface area contributed by atoms with Crippen LogP contribution in [0, 0.1) is 0 Å². The number of aliphatic hydroxyl groups is 1. The van der Waals surface area contributed by atoms with Gasteiger partial charge in [-0.1, -0.05) is 121 Å². The van der Waals surface area contributed by atoms with E-state index in [-0.39, 0.29) is 24.8 Å². The van der Waals surface area contributed by atoms with Crippen LogP contribution >= 0.6 is 0 Å². The standard InChI is InChI=1S/C44H48N4O4/c49-32-35-17-19-37(20-18-35)42-27-41(31-48-23-21-47(22-24-48)30-34-11-5-2-6-12-34)51-43(52-42)40-16-8-15-39(26-40)38-14-7-13-36(25-38)29-46-44(50)45-28-33-9-3-1-4-10-33/h1-20,25-26,41-43,49H,21-24,27-32H2,(H2,45,46,50)/t41-,42+,43+/m0/s1. The van der Waals surface area contributed by atoms with Crippen molar-refractivity contribution in [3.8, 4) is 11.1 Å². The highest BCUT2D eigenvalue weighted by Gasteiger charge is 2.34. The summed E-state index contributed by atoms with van der Waals surface area (Å²) in [5.41, 5.74) is 8.48. The number of piperazine rings is 1. The van der Waals surface area contributed by atoms with Gasteiger partial charge in [-0.05, 0) is 51.1 Å². The summed E-state index contributed by atoms with van der Waals surface area (Å²) in [7, 11) is 0. The van der Waals surface area contributed by atoms with Gasteiger partial charge in [-0.3, -0.25) is 9.80 Å². The highest BCUT2D eigenvalue weighted by Crippen LogP contribution is 2.39. The third-order valence-corrected chi connectivity index (χ3v) is 9.96. The van der Waals surface area contributed by atoms with E-state index in [1.807, 2.05) is 54.6 Å². The van der Waals surface area contributed by atoms with Gasteiger partial charge >= 0.3 is 6.03 Å². The number of rotatable bonds is 12. The second kappa shape index (κ2) is 17.6. The number of nitrogens with one attached hydrogen (secondary N) is 2. The minimum Gasteiger partial charge on any atom is -0.392 e. The van der Waals surface area contributed by atoms with Crippen LogP contribution in [0.15, 0.2) is 133 Å². The lowest BCUT2D eigenvalue weighted by atomic mass is 9.98. The van der Waals surface area contributed by atoms with Crippen molar-refractivity contribution >= 4 is 6.03 Å². The van der Waals surface area contributed by atoms with E-state index in [0.717, 1.165) is 84.6 Å². The molecule has 0 radical (unpaired) electrons. The van der Waals surface area contributed by atoms with E-state index in [9.17, 15) is 9.90 Å². The van der Waals surface area contributed by atoms with Gasteiger partial charge in [-0.2, -0.15) is 0 Å². The summed E-state index contributed by atoms with van der Waals surface area (Å²) < 4.78 is 13.5. The summed E-state index contributed by atoms with van der Waals surface area (Å²) in [6.07, 6.45) is 0.0843. The molecule has 5 aromatic rings. The van der Waals surface area contributed by atoms with E-state index in [1.165, 1.54) is 5.56 Å². The van der Waals surface area contributed by atoms with E-state index in [2.05, 4.69) is 99.3 Å². The Labute approximate surface area is 307 Å². The third kappa shape index (κ3) is 9.73. The summed E-state index contributed by atoms with van der Waals surface area (Å²) in [6.45, 7) is 6.81. The van der Waals surface area contributed by atoms with Crippen LogP contribution in [0.3, 0.4) is 0 Å². The smallest absolute Gasteiger partial charge is 0.315 e. The van der Waals surface area contributed by atoms with Crippen molar-refractivity contribution in [3.63, 3.8) is 0 Å². The molecule has 2 saturated heterocycles. The lowest BCUT2D eigenvalue weighted by Crippen LogP contribution is -2.49. The fourth-order valence-corrected chi connectivity index (χ4v) is 7.04. The number of nitrogens with zero attached hydrogens (tertiary/aromatic N) is 2. The topological polar surface area (TPSA) is 86.3 Å². The van der Waals surface area contributed by atoms with Gasteiger partial charge in [0.05, 0.1) is 18.8 Å². The zero-order valence-corrected chi connectivity index (χ0v) is 29.6. The van der Waals surface area contributed by atoms with Gasteiger partial charge in [-0.15, -0.1) is 0 Å². The maximum absolute atomic E-state index is 12.5. The van der Waals surface area contributed by atoms with Crippen molar-refractivity contribution in [2.24, 2.45) is 0 Å². The Kier molecular flexibility index (Phi) is 12.0. The molecule has 0 bridgehead atoms. The average molecular weight is 697 g/mol. The monoisotopic (exact) mass is 696 g/mol. The molecule has 7 rings (SSSR count). The highest BCUT2D eigenvalue weighted by molar-refractivity contribution is 5.74. The van der Waals surface area contributed by atoms with E-state index in [1.54, 1.807) is 0 Å². The number of hydrogen-bond donors (Lipinski definition) is 3. The summed E-state index contributed by atoms with van der Waals surface area (Å²) in [6, 6.07) is 45.1. The number of carbonyl (C=O) groups excluding carboxylic acids is 1. The number of benzene rings is 5. The molecular formula is C44H48N4O4. The molecule has 8 nitrogen and oxygen atoms in total. The Hall–Kier alpha value is -4.83. The number of ether oxygens (including phenoxy) is 2. The van der Waals surface area contributed by atoms with E-state index in [4.69, 9.17) is 9.47 Å². The molecule has 268 valence electrons. The predicted octanol–water partition coefficient (Wildman–Crippen LogP) is 7.21. The minimum absolute atomic E-state index is 0.00645. The number of aliphatic hydroxyl groups excluding tert-OH is 1. The number of hydrogen-bond acceptors (Lipinski definition) is 6. The van der Waals surface area contributed by atoms with Crippen LogP contribution in [0.25, 0.3) is 11.1 Å². The Morgan fingerprint density at radius 2 is 1.23 bits per heavy atom. The van der Waals surface area contributed by atoms with Crippen LogP contribution in [0.4, 0.5) is 4.79 Å². The second-order valence-electron chi connectivity index (χ2n) is 13.8. The van der Waals surface area contributed by atoms with Gasteiger partial charge < -0.3 is 25.2 Å². The van der Waals surface area contributed by atoms with Crippen LogP contribution < -0.4 is 10.6 Å². The molecule has 0 spiro atoms. The second-order valence-corrected chi connectivity index (χ2v) is 13.8. The van der Waals surface area contributed by atoms with Crippen molar-refractivity contribution in [3.05, 3.63) is 167 Å². The fraction of sp³-hybridized carbons (Fsp3) is 0.295. The SMILES string of the molecule is O=C(NCc1ccccc1)NCc1cccc(-c2cccc([C@@H]3O[C@H](CN4CCN(Cc5ccccc5)CC4)C[C@H](c4ccc(CO)cc4)O3)c2)c1. The van der Waals surface area contributed by atoms with Crippen LogP contribution in [-0.2, 0) is 35.7 Å². The maximum atomic E-state index is 12.5. The maximum Gasteiger partial charge on any atom is 0.315 e. The largest absolute Gasteiger partial charge is 0.392 e. The summed E-state index contributed by atoms with van der Waals surface area (Å²) in [5, 5.41) is 15.5. The third-order valence-electron chi connectivity index (χ3n) is 9.96. The Bertz CT molecular complexity index is 1860. The zero-order valence-electron chi connectivity index (χ0n) is 29.6. The lowest BCUT2D eigenvalue weighted by molar-refractivity contribution is -0.253. The fourth-order valence-electron chi connectivity index (χ4n) is 7.04. The number of carbonyl (C=O) groups is 1. The Morgan fingerprint density at radius 1 is 0.615 bits per heavy atom. The number of amides is 2. The molecule has 3 atom stereocenters. The molecule has 52 heavy (non-hydrogen) atoms. The van der Waals surface area contributed by atoms with Gasteiger partial charge in [-0.25, -0.2) is 4.79 Å². The van der Waals surface area contributed by atoms with Crippen molar-refractivity contribution in [1.29, 1.82) is 0 Å². The molecule has 2 heterocycles. The van der Waals surface area contributed by atoms with Crippen molar-refractivity contribution in [2.75, 3.05) is 32.7 Å². The van der Waals surface area contributed by atoms with Crippen LogP contribution in [-0.4, -0.2) is 59.8 Å². The first-order chi connectivity index (χ1) is 25.6. The van der Waals surface area contributed by atoms with Crippen LogP contribution in [0.1, 0.15) is 52.2 Å². The van der Waals surface area contributed by atoms with Crippen molar-refractivity contribution < 1.29 is 19.4 Å². The normalized spacial score (nSPS) is 19.6. The zero-order chi connectivity index (χ0) is 35.5. The van der Waals surface area contributed by atoms with Gasteiger partial charge in [0.2, 0.25) is 0 Å². The van der Waals surface area contributed by atoms with E-state index >= 15 is 0 Å². The molecule has 2 aliphatic heterocycles. The van der Waals surface area contributed by atoms with Crippen LogP contribution in [0.5, 0.6) is 0 Å². The molecule has 0 saturated carbocycles. The van der Waals surface area contributed by atoms with E-state index in [0.29, 0.717) is 13.1 Å². The summed E-state index contributed by atoms with van der Waals surface area (Å²) in [5.74, 6) is 0. The Balaban J connectivity index is 1.01. The molecule has 0 aromatic heterocycles. The highest BCUT2D eigenvalue weighted by atomic mass is 16.7. The molecule has 2 fully saturated rings. The summed E-state index contributed by atoms with van der Waals surface area (Å²) >= 11 is 0. The van der Waals surface area contributed by atoms with E-state index < -0.39 is 6.29 Å². The van der Waals surface area contributed by atoms with Gasteiger partial charge in [0.1, 0.15) is 0 Å². The molecular weight excluding hydrogens is 649 g/mol. The minimum atomic E-state index is -0.529. The molecule has 5 aromatic carbocycles. The molecule has 8 heteroatoms. The summed E-state index contributed by atoms with van der Waals surface area (Å²) in [4.78, 5) is 17.5. The number of urea groups is 1. The molecule has 2 amide bonds. The molecule has 0 aliphatic carbocycles. The quantitative estimate of drug-likeness (QED) is 0.128. The molecule has 2 aliphatic rings. The lowest BCUT2D eigenvalue weighted by Gasteiger charge is -2.41. The van der Waals surface area contributed by atoms with Crippen molar-refractivity contribution in [2.45, 2.75) is 51.2 Å². The first-order valence-corrected chi connectivity index (χ1v) is 18.3. The van der Waals surface area contributed by atoms with Gasteiger partial charge in [0, 0.05) is 64.3 Å². The average Bonchev–Trinajstić information content (AvgIpc) is 3.21. The van der Waals surface area contributed by atoms with Crippen molar-refractivity contribution in [1.82, 2.24) is 20.4 Å². The first kappa shape index (κ1) is 35.6. The predicted molar refractivity (Wildman–Crippen MR) is 204 cm³/mol. The first-order valence-electron chi connectivity index (χ1n) is 18.3. The Morgan fingerprint density at radius 3 is 1.94 bits per heavy atom. The van der Waals surface area contributed by atoms with Gasteiger partial charge in [0.15, 0.2) is 6.29 Å².